The first-order valence-corrected chi connectivity index (χ1v) is 10.6. The van der Waals surface area contributed by atoms with Gasteiger partial charge in [0.1, 0.15) is 23.4 Å². The second-order valence-electron chi connectivity index (χ2n) is 7.68. The Balaban J connectivity index is 1.88. The molecule has 2 aromatic carbocycles. The van der Waals surface area contributed by atoms with Crippen molar-refractivity contribution in [3.8, 4) is 5.75 Å². The normalized spacial score (nSPS) is 12.4. The lowest BCUT2D eigenvalue weighted by Crippen LogP contribution is -2.53. The third kappa shape index (κ3) is 6.22. The number of ether oxygens (including phenoxy) is 2. The number of rotatable bonds is 9. The summed E-state index contributed by atoms with van der Waals surface area (Å²) in [6.07, 6.45) is 0.211. The molecule has 0 fully saturated rings. The zero-order valence-electron chi connectivity index (χ0n) is 19.1. The summed E-state index contributed by atoms with van der Waals surface area (Å²) in [7, 11) is 2.70. The number of hydrogen-bond donors (Lipinski definition) is 2. The molecule has 178 valence electrons. The van der Waals surface area contributed by atoms with Crippen molar-refractivity contribution in [3.63, 3.8) is 0 Å². The van der Waals surface area contributed by atoms with Gasteiger partial charge in [-0.3, -0.25) is 9.59 Å². The molecule has 0 unspecified atom stereocenters. The van der Waals surface area contributed by atoms with Crippen molar-refractivity contribution in [2.24, 2.45) is 0 Å². The van der Waals surface area contributed by atoms with Crippen LogP contribution in [0.25, 0.3) is 11.0 Å². The van der Waals surface area contributed by atoms with Crippen molar-refractivity contribution < 1.29 is 28.3 Å². The topological polar surface area (TPSA) is 124 Å². The number of carbonyl (C=O) groups is 3. The smallest absolute Gasteiger partial charge is 0.336 e. The number of hydrogen-bond acceptors (Lipinski definition) is 7. The second kappa shape index (κ2) is 11.1. The van der Waals surface area contributed by atoms with Gasteiger partial charge in [0.25, 0.3) is 0 Å². The van der Waals surface area contributed by atoms with E-state index in [0.29, 0.717) is 16.7 Å². The van der Waals surface area contributed by atoms with Crippen molar-refractivity contribution in [2.75, 3.05) is 14.2 Å². The summed E-state index contributed by atoms with van der Waals surface area (Å²) in [6, 6.07) is 13.4. The van der Waals surface area contributed by atoms with Gasteiger partial charge in [-0.2, -0.15) is 0 Å². The Morgan fingerprint density at radius 2 is 1.68 bits per heavy atom. The van der Waals surface area contributed by atoms with Gasteiger partial charge in [-0.1, -0.05) is 30.3 Å². The maximum Gasteiger partial charge on any atom is 0.336 e. The summed E-state index contributed by atoms with van der Waals surface area (Å²) < 4.78 is 15.3. The monoisotopic (exact) mass is 466 g/mol. The molecule has 3 aromatic rings. The van der Waals surface area contributed by atoms with Crippen LogP contribution in [0.4, 0.5) is 0 Å². The van der Waals surface area contributed by atoms with Crippen molar-refractivity contribution in [2.45, 2.75) is 31.8 Å². The molecular weight excluding hydrogens is 440 g/mol. The maximum atomic E-state index is 13.1. The third-order valence-corrected chi connectivity index (χ3v) is 5.24. The van der Waals surface area contributed by atoms with Crippen LogP contribution in [0.15, 0.2) is 63.8 Å². The van der Waals surface area contributed by atoms with E-state index in [1.54, 1.807) is 18.2 Å². The predicted octanol–water partition coefficient (Wildman–Crippen LogP) is 1.75. The van der Waals surface area contributed by atoms with E-state index in [9.17, 15) is 19.2 Å². The largest absolute Gasteiger partial charge is 0.497 e. The number of carbonyl (C=O) groups excluding carboxylic acids is 3. The van der Waals surface area contributed by atoms with E-state index in [-0.39, 0.29) is 24.3 Å². The molecule has 1 aromatic heterocycles. The molecule has 2 atom stereocenters. The van der Waals surface area contributed by atoms with Crippen LogP contribution < -0.4 is 21.0 Å². The zero-order valence-corrected chi connectivity index (χ0v) is 19.1. The number of amides is 2. The highest BCUT2D eigenvalue weighted by Gasteiger charge is 2.28. The number of fused-ring (bicyclic) bond motifs is 1. The third-order valence-electron chi connectivity index (χ3n) is 5.24. The first-order valence-electron chi connectivity index (χ1n) is 10.6. The van der Waals surface area contributed by atoms with Crippen LogP contribution >= 0.6 is 0 Å². The van der Waals surface area contributed by atoms with Crippen molar-refractivity contribution in [3.05, 3.63) is 76.1 Å². The molecule has 0 aliphatic carbocycles. The highest BCUT2D eigenvalue weighted by Crippen LogP contribution is 2.23. The predicted molar refractivity (Wildman–Crippen MR) is 124 cm³/mol. The summed E-state index contributed by atoms with van der Waals surface area (Å²) in [6.45, 7) is 1.31. The molecule has 9 heteroatoms. The minimum absolute atomic E-state index is 0.0228. The molecule has 34 heavy (non-hydrogen) atoms. The molecule has 0 saturated carbocycles. The molecule has 0 bridgehead atoms. The molecule has 0 radical (unpaired) electrons. The molecule has 0 aliphatic rings. The van der Waals surface area contributed by atoms with Crippen LogP contribution in [0.2, 0.25) is 0 Å². The standard InChI is InChI=1S/C25H26N2O7/c1-15(28)26-20(11-16-7-5-4-6-8-16)24(30)27-21(25(31)33-3)12-17-13-23(29)34-22-14-18(32-2)9-10-19(17)22/h4-10,13-14,20-21H,11-12H2,1-3H3,(H,26,28)(H,27,30)/t20-,21+/m0/s1. The summed E-state index contributed by atoms with van der Waals surface area (Å²) in [5.41, 5.74) is 1.01. The van der Waals surface area contributed by atoms with Crippen LogP contribution in [0, 0.1) is 0 Å². The van der Waals surface area contributed by atoms with Gasteiger partial charge >= 0.3 is 11.6 Å². The Bertz CT molecular complexity index is 1240. The van der Waals surface area contributed by atoms with E-state index in [1.165, 1.54) is 27.2 Å². The van der Waals surface area contributed by atoms with Crippen LogP contribution in [0.5, 0.6) is 5.75 Å². The Labute approximate surface area is 196 Å². The zero-order chi connectivity index (χ0) is 24.7. The molecule has 0 saturated heterocycles. The van der Waals surface area contributed by atoms with Gasteiger partial charge in [0, 0.05) is 37.3 Å². The Morgan fingerprint density at radius 1 is 0.941 bits per heavy atom. The van der Waals surface area contributed by atoms with E-state index in [4.69, 9.17) is 13.9 Å². The van der Waals surface area contributed by atoms with Crippen molar-refractivity contribution >= 4 is 28.8 Å². The molecule has 1 heterocycles. The Hall–Kier alpha value is -4.14. The van der Waals surface area contributed by atoms with E-state index in [0.717, 1.165) is 5.56 Å². The first kappa shape index (κ1) is 24.5. The van der Waals surface area contributed by atoms with Crippen molar-refractivity contribution in [1.29, 1.82) is 0 Å². The minimum Gasteiger partial charge on any atom is -0.497 e. The van der Waals surface area contributed by atoms with E-state index in [2.05, 4.69) is 10.6 Å². The summed E-state index contributed by atoms with van der Waals surface area (Å²) in [5, 5.41) is 5.88. The van der Waals surface area contributed by atoms with Gasteiger partial charge in [-0.15, -0.1) is 0 Å². The van der Waals surface area contributed by atoms with Gasteiger partial charge in [-0.05, 0) is 23.3 Å². The molecule has 9 nitrogen and oxygen atoms in total. The summed E-state index contributed by atoms with van der Waals surface area (Å²) in [4.78, 5) is 49.5. The van der Waals surface area contributed by atoms with Crippen LogP contribution in [-0.4, -0.2) is 44.1 Å². The number of nitrogens with one attached hydrogen (secondary N) is 2. The van der Waals surface area contributed by atoms with Crippen LogP contribution in [0.1, 0.15) is 18.1 Å². The fourth-order valence-electron chi connectivity index (χ4n) is 3.64. The number of esters is 1. The molecule has 2 amide bonds. The number of methoxy groups -OCH3 is 2. The lowest BCUT2D eigenvalue weighted by molar-refractivity contribution is -0.145. The highest BCUT2D eigenvalue weighted by atomic mass is 16.5. The molecule has 3 rings (SSSR count). The van der Waals surface area contributed by atoms with Gasteiger partial charge in [0.15, 0.2) is 0 Å². The van der Waals surface area contributed by atoms with E-state index < -0.39 is 29.6 Å². The summed E-state index contributed by atoms with van der Waals surface area (Å²) in [5.74, 6) is -1.12. The highest BCUT2D eigenvalue weighted by molar-refractivity contribution is 5.91. The average Bonchev–Trinajstić information content (AvgIpc) is 2.82. The van der Waals surface area contributed by atoms with Gasteiger partial charge in [-0.25, -0.2) is 9.59 Å². The number of benzene rings is 2. The first-order chi connectivity index (χ1) is 16.3. The fourth-order valence-corrected chi connectivity index (χ4v) is 3.64. The molecule has 0 aliphatic heterocycles. The average molecular weight is 466 g/mol. The van der Waals surface area contributed by atoms with Crippen LogP contribution in [-0.2, 0) is 32.0 Å². The fraction of sp³-hybridized carbons (Fsp3) is 0.280. The lowest BCUT2D eigenvalue weighted by Gasteiger charge is -2.22. The van der Waals surface area contributed by atoms with Gasteiger partial charge < -0.3 is 24.5 Å². The Kier molecular flexibility index (Phi) is 8.02. The van der Waals surface area contributed by atoms with Crippen molar-refractivity contribution in [1.82, 2.24) is 10.6 Å². The van der Waals surface area contributed by atoms with Crippen LogP contribution in [0.3, 0.4) is 0 Å². The lowest BCUT2D eigenvalue weighted by atomic mass is 10.0. The van der Waals surface area contributed by atoms with E-state index >= 15 is 0 Å². The SMILES string of the molecule is COC(=O)[C@@H](Cc1cc(=O)oc2cc(OC)ccc12)NC(=O)[C@H](Cc1ccccc1)NC(C)=O. The molecule has 0 spiro atoms. The van der Waals surface area contributed by atoms with Gasteiger partial charge in [0.05, 0.1) is 14.2 Å². The summed E-state index contributed by atoms with van der Waals surface area (Å²) >= 11 is 0. The van der Waals surface area contributed by atoms with E-state index in [1.807, 2.05) is 30.3 Å². The Morgan fingerprint density at radius 3 is 2.32 bits per heavy atom. The quantitative estimate of drug-likeness (QED) is 0.364. The molecule has 2 N–H and O–H groups in total. The molecular formula is C25H26N2O7. The van der Waals surface area contributed by atoms with Gasteiger partial charge in [0.2, 0.25) is 11.8 Å². The second-order valence-corrected chi connectivity index (χ2v) is 7.68. The minimum atomic E-state index is -1.10. The maximum absolute atomic E-state index is 13.1.